The van der Waals surface area contributed by atoms with Gasteiger partial charge < -0.3 is 5.32 Å². The Labute approximate surface area is 125 Å². The average molecular weight is 282 g/mol. The van der Waals surface area contributed by atoms with Gasteiger partial charge in [0.25, 0.3) is 0 Å². The van der Waals surface area contributed by atoms with Gasteiger partial charge in [-0.05, 0) is 55.9 Å². The van der Waals surface area contributed by atoms with Crippen molar-refractivity contribution < 1.29 is 0 Å². The first-order chi connectivity index (χ1) is 10.2. The van der Waals surface area contributed by atoms with Gasteiger partial charge in [-0.15, -0.1) is 0 Å². The highest BCUT2D eigenvalue weighted by Crippen LogP contribution is 2.28. The number of allylic oxidation sites excluding steroid dienone is 2. The van der Waals surface area contributed by atoms with Crippen LogP contribution in [-0.2, 0) is 0 Å². The van der Waals surface area contributed by atoms with Gasteiger partial charge in [-0.2, -0.15) is 5.10 Å². The predicted molar refractivity (Wildman–Crippen MR) is 85.5 cm³/mol. The van der Waals surface area contributed by atoms with Gasteiger partial charge in [0.15, 0.2) is 0 Å². The van der Waals surface area contributed by atoms with Gasteiger partial charge in [-0.25, -0.2) is 9.67 Å². The number of nitrogens with zero attached hydrogens (tertiary/aromatic N) is 3. The van der Waals surface area contributed by atoms with Crippen molar-refractivity contribution >= 4 is 5.69 Å². The molecule has 1 aliphatic rings. The van der Waals surface area contributed by atoms with Crippen LogP contribution in [0, 0.1) is 11.8 Å². The van der Waals surface area contributed by atoms with E-state index in [-0.39, 0.29) is 0 Å². The van der Waals surface area contributed by atoms with Gasteiger partial charge in [0.1, 0.15) is 12.7 Å². The fourth-order valence-electron chi connectivity index (χ4n) is 3.18. The maximum Gasteiger partial charge on any atom is 0.138 e. The van der Waals surface area contributed by atoms with Crippen molar-refractivity contribution in [2.75, 3.05) is 11.9 Å². The zero-order chi connectivity index (χ0) is 14.7. The molecule has 110 valence electrons. The molecule has 0 amide bonds. The third kappa shape index (κ3) is 3.51. The highest BCUT2D eigenvalue weighted by molar-refractivity contribution is 5.48. The number of nitrogens with one attached hydrogen (secondary N) is 1. The molecule has 1 aromatic carbocycles. The van der Waals surface area contributed by atoms with E-state index in [2.05, 4.69) is 59.6 Å². The first kappa shape index (κ1) is 13.9. The zero-order valence-corrected chi connectivity index (χ0v) is 12.7. The molecule has 0 saturated heterocycles. The molecule has 4 nitrogen and oxygen atoms in total. The first-order valence-corrected chi connectivity index (χ1v) is 7.57. The van der Waals surface area contributed by atoms with E-state index >= 15 is 0 Å². The van der Waals surface area contributed by atoms with Crippen LogP contribution in [-0.4, -0.2) is 21.3 Å². The summed E-state index contributed by atoms with van der Waals surface area (Å²) in [7, 11) is 0. The molecule has 21 heavy (non-hydrogen) atoms. The Morgan fingerprint density at radius 3 is 2.76 bits per heavy atom. The van der Waals surface area contributed by atoms with Gasteiger partial charge >= 0.3 is 0 Å². The second kappa shape index (κ2) is 6.12. The highest BCUT2D eigenvalue weighted by Gasteiger charge is 2.17. The summed E-state index contributed by atoms with van der Waals surface area (Å²) in [5.41, 5.74) is 3.73. The van der Waals surface area contributed by atoms with Gasteiger partial charge in [0.2, 0.25) is 0 Å². The van der Waals surface area contributed by atoms with Crippen molar-refractivity contribution in [2.45, 2.75) is 26.7 Å². The predicted octanol–water partition coefficient (Wildman–Crippen LogP) is 3.67. The lowest BCUT2D eigenvalue weighted by atomic mass is 9.84. The summed E-state index contributed by atoms with van der Waals surface area (Å²) in [6, 6.07) is 8.33. The van der Waals surface area contributed by atoms with Crippen molar-refractivity contribution in [3.63, 3.8) is 0 Å². The second-order valence-electron chi connectivity index (χ2n) is 6.06. The monoisotopic (exact) mass is 282 g/mol. The number of aromatic nitrogens is 3. The Kier molecular flexibility index (Phi) is 4.04. The average Bonchev–Trinajstić information content (AvgIpc) is 2.99. The Morgan fingerprint density at radius 2 is 2.10 bits per heavy atom. The van der Waals surface area contributed by atoms with E-state index < -0.39 is 0 Å². The second-order valence-corrected chi connectivity index (χ2v) is 6.06. The van der Waals surface area contributed by atoms with E-state index in [9.17, 15) is 0 Å². The van der Waals surface area contributed by atoms with Crippen LogP contribution < -0.4 is 5.32 Å². The van der Waals surface area contributed by atoms with E-state index in [4.69, 9.17) is 0 Å². The Bertz CT molecular complexity index is 598. The third-order valence-corrected chi connectivity index (χ3v) is 4.03. The van der Waals surface area contributed by atoms with Crippen molar-refractivity contribution in [1.82, 2.24) is 14.8 Å². The molecular weight excluding hydrogens is 260 g/mol. The van der Waals surface area contributed by atoms with E-state index in [1.54, 1.807) is 17.3 Å². The van der Waals surface area contributed by atoms with Crippen LogP contribution >= 0.6 is 0 Å². The maximum absolute atomic E-state index is 4.13. The van der Waals surface area contributed by atoms with Gasteiger partial charge in [0.05, 0.1) is 5.69 Å². The molecule has 0 radical (unpaired) electrons. The molecule has 1 N–H and O–H groups in total. The van der Waals surface area contributed by atoms with Crippen LogP contribution in [0.15, 0.2) is 48.6 Å². The number of hydrogen-bond donors (Lipinski definition) is 1. The molecule has 0 bridgehead atoms. The lowest BCUT2D eigenvalue weighted by molar-refractivity contribution is 0.421. The fourth-order valence-corrected chi connectivity index (χ4v) is 3.18. The van der Waals surface area contributed by atoms with Gasteiger partial charge in [-0.3, -0.25) is 0 Å². The number of rotatable bonds is 4. The first-order valence-electron chi connectivity index (χ1n) is 7.57. The standard InChI is InChI=1S/C17H22N4/c1-13-7-14(2)9-15(8-13)10-19-16-3-5-17(6-4-16)21-12-18-11-20-21/h3-7,11-13,15,19H,8-10H2,1-2H3. The van der Waals surface area contributed by atoms with Crippen molar-refractivity contribution in [3.05, 3.63) is 48.6 Å². The SMILES string of the molecule is CC1=CC(C)CC(CNc2ccc(-n3cncn3)cc2)C1. The summed E-state index contributed by atoms with van der Waals surface area (Å²) < 4.78 is 1.76. The van der Waals surface area contributed by atoms with Crippen LogP contribution in [0.25, 0.3) is 5.69 Å². The van der Waals surface area contributed by atoms with Crippen LogP contribution in [0.4, 0.5) is 5.69 Å². The molecule has 3 rings (SSSR count). The van der Waals surface area contributed by atoms with Gasteiger partial charge in [0, 0.05) is 12.2 Å². The van der Waals surface area contributed by atoms with Crippen LogP contribution in [0.2, 0.25) is 0 Å². The Hall–Kier alpha value is -2.10. The third-order valence-electron chi connectivity index (χ3n) is 4.03. The minimum absolute atomic E-state index is 0.709. The largest absolute Gasteiger partial charge is 0.385 e. The van der Waals surface area contributed by atoms with E-state index in [0.29, 0.717) is 5.92 Å². The molecule has 2 unspecified atom stereocenters. The normalized spacial score (nSPS) is 21.9. The van der Waals surface area contributed by atoms with Crippen LogP contribution in [0.3, 0.4) is 0 Å². The fraction of sp³-hybridized carbons (Fsp3) is 0.412. The lowest BCUT2D eigenvalue weighted by Crippen LogP contribution is -2.20. The Balaban J connectivity index is 1.58. The summed E-state index contributed by atoms with van der Waals surface area (Å²) in [6.45, 7) is 5.59. The molecule has 1 heterocycles. The van der Waals surface area contributed by atoms with Crippen molar-refractivity contribution in [3.8, 4) is 5.69 Å². The van der Waals surface area contributed by atoms with Gasteiger partial charge in [-0.1, -0.05) is 18.6 Å². The molecule has 0 fully saturated rings. The summed E-state index contributed by atoms with van der Waals surface area (Å²) in [5, 5.41) is 7.69. The summed E-state index contributed by atoms with van der Waals surface area (Å²) in [4.78, 5) is 3.96. The zero-order valence-electron chi connectivity index (χ0n) is 12.7. The summed E-state index contributed by atoms with van der Waals surface area (Å²) in [6.07, 6.45) is 8.16. The molecule has 1 aromatic heterocycles. The lowest BCUT2D eigenvalue weighted by Gasteiger charge is -2.26. The topological polar surface area (TPSA) is 42.7 Å². The summed E-state index contributed by atoms with van der Waals surface area (Å²) in [5.74, 6) is 1.44. The van der Waals surface area contributed by atoms with E-state index in [1.807, 2.05) is 0 Å². The van der Waals surface area contributed by atoms with Crippen molar-refractivity contribution in [1.29, 1.82) is 0 Å². The smallest absolute Gasteiger partial charge is 0.138 e. The molecule has 0 aliphatic heterocycles. The minimum atomic E-state index is 0.709. The maximum atomic E-state index is 4.13. The minimum Gasteiger partial charge on any atom is -0.385 e. The van der Waals surface area contributed by atoms with E-state index in [1.165, 1.54) is 24.1 Å². The van der Waals surface area contributed by atoms with E-state index in [0.717, 1.165) is 18.2 Å². The molecule has 0 spiro atoms. The number of hydrogen-bond acceptors (Lipinski definition) is 3. The molecule has 4 heteroatoms. The number of benzene rings is 1. The van der Waals surface area contributed by atoms with Crippen LogP contribution in [0.1, 0.15) is 26.7 Å². The van der Waals surface area contributed by atoms with Crippen molar-refractivity contribution in [2.24, 2.45) is 11.8 Å². The highest BCUT2D eigenvalue weighted by atomic mass is 15.3. The summed E-state index contributed by atoms with van der Waals surface area (Å²) >= 11 is 0. The quantitative estimate of drug-likeness (QED) is 0.870. The molecule has 2 atom stereocenters. The molecule has 2 aromatic rings. The molecular formula is C17H22N4. The molecule has 1 aliphatic carbocycles. The molecule has 0 saturated carbocycles. The number of anilines is 1. The Morgan fingerprint density at radius 1 is 1.29 bits per heavy atom. The van der Waals surface area contributed by atoms with Crippen LogP contribution in [0.5, 0.6) is 0 Å².